The van der Waals surface area contributed by atoms with Crippen LogP contribution in [0.3, 0.4) is 0 Å². The number of benzene rings is 1. The average Bonchev–Trinajstić information content (AvgIpc) is 2.62. The second kappa shape index (κ2) is 9.36. The first-order valence-electron chi connectivity index (χ1n) is 8.52. The molecule has 1 saturated carbocycles. The summed E-state index contributed by atoms with van der Waals surface area (Å²) in [5.41, 5.74) is 1.28. The Hall–Kier alpha value is -2.15. The van der Waals surface area contributed by atoms with Crippen molar-refractivity contribution in [2.24, 2.45) is 5.92 Å². The molecule has 1 aromatic rings. The third-order valence-electron chi connectivity index (χ3n) is 4.45. The van der Waals surface area contributed by atoms with Crippen molar-refractivity contribution in [1.29, 1.82) is 0 Å². The molecule has 1 aliphatic rings. The summed E-state index contributed by atoms with van der Waals surface area (Å²) in [6, 6.07) is 7.34. The van der Waals surface area contributed by atoms with Crippen molar-refractivity contribution in [3.63, 3.8) is 0 Å². The number of anilines is 1. The Morgan fingerprint density at radius 2 is 1.88 bits per heavy atom. The Balaban J connectivity index is 1.83. The van der Waals surface area contributed by atoms with Crippen LogP contribution >= 0.6 is 12.2 Å². The van der Waals surface area contributed by atoms with Crippen LogP contribution in [0.1, 0.15) is 43.0 Å². The second-order valence-corrected chi connectivity index (χ2v) is 6.71. The van der Waals surface area contributed by atoms with E-state index < -0.39 is 5.97 Å². The number of nitrogens with one attached hydrogen (secondary N) is 3. The second-order valence-electron chi connectivity index (χ2n) is 6.30. The van der Waals surface area contributed by atoms with Gasteiger partial charge < -0.3 is 20.7 Å². The lowest BCUT2D eigenvalue weighted by Crippen LogP contribution is -2.43. The van der Waals surface area contributed by atoms with E-state index in [1.807, 2.05) is 0 Å². The molecule has 0 aromatic heterocycles. The van der Waals surface area contributed by atoms with E-state index in [0.717, 1.165) is 12.1 Å². The lowest BCUT2D eigenvalue weighted by Gasteiger charge is -2.30. The summed E-state index contributed by atoms with van der Waals surface area (Å²) < 4.78 is 4.48. The van der Waals surface area contributed by atoms with Gasteiger partial charge in [0.1, 0.15) is 6.54 Å². The van der Waals surface area contributed by atoms with E-state index in [4.69, 9.17) is 12.2 Å². The van der Waals surface area contributed by atoms with Crippen LogP contribution in [0.15, 0.2) is 24.3 Å². The topological polar surface area (TPSA) is 79.5 Å². The molecule has 0 unspecified atom stereocenters. The number of thiocarbonyl (C=S) groups is 1. The molecule has 1 amide bonds. The number of hydrogen-bond donors (Lipinski definition) is 3. The van der Waals surface area contributed by atoms with E-state index in [2.05, 4.69) is 27.6 Å². The van der Waals surface area contributed by atoms with Gasteiger partial charge in [0.05, 0.1) is 7.11 Å². The number of esters is 1. The largest absolute Gasteiger partial charge is 0.468 e. The zero-order valence-corrected chi connectivity index (χ0v) is 15.4. The first-order valence-corrected chi connectivity index (χ1v) is 8.93. The third-order valence-corrected chi connectivity index (χ3v) is 4.67. The normalized spacial score (nSPS) is 19.6. The molecule has 1 fully saturated rings. The van der Waals surface area contributed by atoms with Crippen molar-refractivity contribution >= 4 is 34.9 Å². The highest BCUT2D eigenvalue weighted by Crippen LogP contribution is 2.23. The number of carbonyl (C=O) groups is 2. The summed E-state index contributed by atoms with van der Waals surface area (Å²) in [7, 11) is 1.28. The molecule has 0 radical (unpaired) electrons. The molecule has 1 aliphatic carbocycles. The van der Waals surface area contributed by atoms with Crippen LogP contribution in [-0.4, -0.2) is 36.7 Å². The Bertz CT molecular complexity index is 618. The van der Waals surface area contributed by atoms with Gasteiger partial charge >= 0.3 is 5.97 Å². The van der Waals surface area contributed by atoms with Crippen molar-refractivity contribution in [3.05, 3.63) is 29.8 Å². The van der Waals surface area contributed by atoms with E-state index in [9.17, 15) is 9.59 Å². The van der Waals surface area contributed by atoms with Gasteiger partial charge in [0.25, 0.3) is 5.91 Å². The molecule has 6 nitrogen and oxygen atoms in total. The summed E-state index contributed by atoms with van der Waals surface area (Å²) in [6.07, 6.45) is 4.90. The maximum absolute atomic E-state index is 11.9. The molecule has 0 saturated heterocycles. The molecular weight excluding hydrogens is 338 g/mol. The van der Waals surface area contributed by atoms with Gasteiger partial charge in [-0.2, -0.15) is 0 Å². The van der Waals surface area contributed by atoms with E-state index in [-0.39, 0.29) is 12.5 Å². The first-order chi connectivity index (χ1) is 12.0. The predicted molar refractivity (Wildman–Crippen MR) is 102 cm³/mol. The lowest BCUT2D eigenvalue weighted by atomic mass is 9.86. The minimum atomic E-state index is -0.486. The highest BCUT2D eigenvalue weighted by molar-refractivity contribution is 7.80. The molecule has 2 rings (SSSR count). The quantitative estimate of drug-likeness (QED) is 0.551. The van der Waals surface area contributed by atoms with Gasteiger partial charge in [0.2, 0.25) is 0 Å². The van der Waals surface area contributed by atoms with Crippen LogP contribution in [0.2, 0.25) is 0 Å². The monoisotopic (exact) mass is 363 g/mol. The highest BCUT2D eigenvalue weighted by atomic mass is 32.1. The Kier molecular flexibility index (Phi) is 7.18. The number of carbonyl (C=O) groups excluding carboxylic acids is 2. The fourth-order valence-corrected chi connectivity index (χ4v) is 3.17. The molecule has 2 atom stereocenters. The molecule has 0 aliphatic heterocycles. The fraction of sp³-hybridized carbons (Fsp3) is 0.500. The summed E-state index contributed by atoms with van der Waals surface area (Å²) in [6.45, 7) is 2.10. The van der Waals surface area contributed by atoms with Gasteiger partial charge in [0.15, 0.2) is 5.11 Å². The zero-order valence-electron chi connectivity index (χ0n) is 14.6. The maximum atomic E-state index is 11.9. The zero-order chi connectivity index (χ0) is 18.2. The summed E-state index contributed by atoms with van der Waals surface area (Å²) in [5.74, 6) is -0.192. The first kappa shape index (κ1) is 19.2. The molecule has 25 heavy (non-hydrogen) atoms. The van der Waals surface area contributed by atoms with E-state index in [1.54, 1.807) is 24.3 Å². The van der Waals surface area contributed by atoms with Crippen LogP contribution in [0.25, 0.3) is 0 Å². The number of amides is 1. The van der Waals surface area contributed by atoms with Gasteiger partial charge in [-0.25, -0.2) is 0 Å². The molecule has 7 heteroatoms. The summed E-state index contributed by atoms with van der Waals surface area (Å²) >= 11 is 5.38. The molecule has 0 bridgehead atoms. The Labute approximate surface area is 153 Å². The highest BCUT2D eigenvalue weighted by Gasteiger charge is 2.21. The van der Waals surface area contributed by atoms with Gasteiger partial charge in [-0.1, -0.05) is 19.8 Å². The van der Waals surface area contributed by atoms with E-state index >= 15 is 0 Å². The number of rotatable bonds is 5. The Morgan fingerprint density at radius 1 is 1.20 bits per heavy atom. The van der Waals surface area contributed by atoms with Gasteiger partial charge in [-0.15, -0.1) is 0 Å². The summed E-state index contributed by atoms with van der Waals surface area (Å²) in [4.78, 5) is 23.0. The lowest BCUT2D eigenvalue weighted by molar-refractivity contribution is -0.139. The number of ether oxygens (including phenoxy) is 1. The smallest absolute Gasteiger partial charge is 0.325 e. The molecule has 136 valence electrons. The van der Waals surface area contributed by atoms with Crippen molar-refractivity contribution < 1.29 is 14.3 Å². The van der Waals surface area contributed by atoms with Crippen LogP contribution in [-0.2, 0) is 9.53 Å². The number of methoxy groups -OCH3 is 1. The third kappa shape index (κ3) is 6.01. The van der Waals surface area contributed by atoms with Crippen LogP contribution in [0.4, 0.5) is 5.69 Å². The van der Waals surface area contributed by atoms with Crippen LogP contribution < -0.4 is 16.0 Å². The molecule has 0 spiro atoms. The molecule has 0 heterocycles. The van der Waals surface area contributed by atoms with Crippen molar-refractivity contribution in [2.75, 3.05) is 19.0 Å². The standard InChI is InChI=1S/C18H25N3O3S/c1-12-5-3-4-6-15(12)21-18(25)20-14-9-7-13(8-10-14)17(23)19-11-16(22)24-2/h7-10,12,15H,3-6,11H2,1-2H3,(H,19,23)(H2,20,21,25)/t12-,15+/m1/s1. The van der Waals surface area contributed by atoms with Gasteiger partial charge in [-0.3, -0.25) is 9.59 Å². The maximum Gasteiger partial charge on any atom is 0.325 e. The summed E-state index contributed by atoms with van der Waals surface area (Å²) in [5, 5.41) is 9.63. The van der Waals surface area contributed by atoms with Gasteiger partial charge in [-0.05, 0) is 55.2 Å². The van der Waals surface area contributed by atoms with Crippen molar-refractivity contribution in [1.82, 2.24) is 10.6 Å². The predicted octanol–water partition coefficient (Wildman–Crippen LogP) is 2.45. The number of hydrogen-bond acceptors (Lipinski definition) is 4. The SMILES string of the molecule is COC(=O)CNC(=O)c1ccc(NC(=S)N[C@H]2CCCC[C@H]2C)cc1. The molecule has 3 N–H and O–H groups in total. The fourth-order valence-electron chi connectivity index (χ4n) is 2.90. The molecule has 1 aromatic carbocycles. The van der Waals surface area contributed by atoms with Crippen molar-refractivity contribution in [2.45, 2.75) is 38.6 Å². The van der Waals surface area contributed by atoms with E-state index in [1.165, 1.54) is 26.4 Å². The van der Waals surface area contributed by atoms with Crippen LogP contribution in [0.5, 0.6) is 0 Å². The molecular formula is C18H25N3O3S. The van der Waals surface area contributed by atoms with E-state index in [0.29, 0.717) is 22.6 Å². The van der Waals surface area contributed by atoms with Crippen LogP contribution in [0, 0.1) is 5.92 Å². The van der Waals surface area contributed by atoms with Crippen molar-refractivity contribution in [3.8, 4) is 0 Å². The van der Waals surface area contributed by atoms with Gasteiger partial charge in [0, 0.05) is 17.3 Å². The minimum absolute atomic E-state index is 0.150. The Morgan fingerprint density at radius 3 is 2.52 bits per heavy atom. The average molecular weight is 363 g/mol. The minimum Gasteiger partial charge on any atom is -0.468 e.